The molecule has 0 bridgehead atoms. The molecule has 5 heteroatoms. The minimum atomic E-state index is 0.676. The topological polar surface area (TPSA) is 79.6 Å². The van der Waals surface area contributed by atoms with Gasteiger partial charge in [-0.1, -0.05) is 0 Å². The van der Waals surface area contributed by atoms with E-state index in [4.69, 9.17) is 5.73 Å². The molecule has 0 saturated heterocycles. The Balaban J connectivity index is 1.94. The van der Waals surface area contributed by atoms with Crippen molar-refractivity contribution in [3.8, 4) is 0 Å². The predicted molar refractivity (Wildman–Crippen MR) is 72.1 cm³/mol. The number of nitrogen functional groups attached to an aromatic ring is 1. The van der Waals surface area contributed by atoms with E-state index in [-0.39, 0.29) is 0 Å². The molecule has 0 radical (unpaired) electrons. The zero-order valence-electron chi connectivity index (χ0n) is 9.72. The largest absolute Gasteiger partial charge is 0.398 e. The van der Waals surface area contributed by atoms with E-state index in [1.54, 1.807) is 18.7 Å². The van der Waals surface area contributed by atoms with Crippen LogP contribution in [-0.4, -0.2) is 15.0 Å². The number of H-pyrrole nitrogens is 1. The Morgan fingerprint density at radius 1 is 1.28 bits per heavy atom. The van der Waals surface area contributed by atoms with Gasteiger partial charge in [-0.15, -0.1) is 0 Å². The zero-order valence-corrected chi connectivity index (χ0v) is 9.72. The lowest BCUT2D eigenvalue weighted by Crippen LogP contribution is -2.01. The van der Waals surface area contributed by atoms with Crippen LogP contribution in [0, 0.1) is 0 Å². The van der Waals surface area contributed by atoms with Crippen LogP contribution >= 0.6 is 0 Å². The molecule has 1 aromatic carbocycles. The van der Waals surface area contributed by atoms with E-state index in [0.717, 1.165) is 28.0 Å². The number of hydrogen-bond acceptors (Lipinski definition) is 4. The summed E-state index contributed by atoms with van der Waals surface area (Å²) in [5.41, 5.74) is 9.55. The number of nitrogens with two attached hydrogens (primary N) is 1. The van der Waals surface area contributed by atoms with Crippen molar-refractivity contribution in [3.05, 3.63) is 48.7 Å². The van der Waals surface area contributed by atoms with Gasteiger partial charge in [-0.3, -0.25) is 4.98 Å². The Morgan fingerprint density at radius 3 is 3.06 bits per heavy atom. The van der Waals surface area contributed by atoms with E-state index in [9.17, 15) is 0 Å². The van der Waals surface area contributed by atoms with Crippen LogP contribution in [0.4, 0.5) is 11.4 Å². The van der Waals surface area contributed by atoms with Crippen LogP contribution in [0.2, 0.25) is 0 Å². The first kappa shape index (κ1) is 10.6. The van der Waals surface area contributed by atoms with Crippen LogP contribution in [0.5, 0.6) is 0 Å². The lowest BCUT2D eigenvalue weighted by atomic mass is 10.1. The molecule has 4 N–H and O–H groups in total. The van der Waals surface area contributed by atoms with Crippen LogP contribution in [0.3, 0.4) is 0 Å². The van der Waals surface area contributed by atoms with E-state index >= 15 is 0 Å². The van der Waals surface area contributed by atoms with Crippen molar-refractivity contribution in [3.63, 3.8) is 0 Å². The Morgan fingerprint density at radius 2 is 2.22 bits per heavy atom. The monoisotopic (exact) mass is 239 g/mol. The van der Waals surface area contributed by atoms with Crippen molar-refractivity contribution in [1.29, 1.82) is 0 Å². The number of imidazole rings is 1. The maximum absolute atomic E-state index is 5.93. The first-order chi connectivity index (χ1) is 8.84. The second kappa shape index (κ2) is 4.37. The SMILES string of the molecule is Nc1ccc(NCc2cnc[nH]2)c2ncccc12. The van der Waals surface area contributed by atoms with Gasteiger partial charge < -0.3 is 16.0 Å². The van der Waals surface area contributed by atoms with Crippen molar-refractivity contribution >= 4 is 22.3 Å². The lowest BCUT2D eigenvalue weighted by Gasteiger charge is -2.09. The molecule has 0 unspecified atom stereocenters. The van der Waals surface area contributed by atoms with Crippen molar-refractivity contribution in [2.24, 2.45) is 0 Å². The van der Waals surface area contributed by atoms with Crippen LogP contribution in [-0.2, 0) is 6.54 Å². The Bertz CT molecular complexity index is 660. The Hall–Kier alpha value is -2.56. The highest BCUT2D eigenvalue weighted by molar-refractivity contribution is 5.98. The highest BCUT2D eigenvalue weighted by Gasteiger charge is 2.04. The van der Waals surface area contributed by atoms with Crippen LogP contribution < -0.4 is 11.1 Å². The molecule has 18 heavy (non-hydrogen) atoms. The third-order valence-electron chi connectivity index (χ3n) is 2.83. The molecule has 0 aliphatic heterocycles. The van der Waals surface area contributed by atoms with Gasteiger partial charge >= 0.3 is 0 Å². The molecule has 90 valence electrons. The standard InChI is InChI=1S/C13H13N5/c14-11-3-4-12(13-10(11)2-1-5-16-13)17-7-9-6-15-8-18-9/h1-6,8,17H,7,14H2,(H,15,18). The van der Waals surface area contributed by atoms with Gasteiger partial charge in [-0.25, -0.2) is 4.98 Å². The molecule has 2 heterocycles. The molecule has 3 rings (SSSR count). The second-order valence-electron chi connectivity index (χ2n) is 4.03. The maximum atomic E-state index is 5.93. The van der Waals surface area contributed by atoms with Crippen molar-refractivity contribution in [2.75, 3.05) is 11.1 Å². The number of hydrogen-bond donors (Lipinski definition) is 3. The van der Waals surface area contributed by atoms with E-state index in [0.29, 0.717) is 6.54 Å². The van der Waals surface area contributed by atoms with Gasteiger partial charge in [0.2, 0.25) is 0 Å². The Labute approximate surface area is 104 Å². The summed E-state index contributed by atoms with van der Waals surface area (Å²) in [7, 11) is 0. The summed E-state index contributed by atoms with van der Waals surface area (Å²) < 4.78 is 0. The number of aromatic amines is 1. The molecular formula is C13H13N5. The smallest absolute Gasteiger partial charge is 0.0953 e. The van der Waals surface area contributed by atoms with Crippen LogP contribution in [0.25, 0.3) is 10.9 Å². The quantitative estimate of drug-likeness (QED) is 0.612. The van der Waals surface area contributed by atoms with Gasteiger partial charge in [-0.2, -0.15) is 0 Å². The maximum Gasteiger partial charge on any atom is 0.0953 e. The average Bonchev–Trinajstić information content (AvgIpc) is 2.92. The van der Waals surface area contributed by atoms with E-state index in [2.05, 4.69) is 20.3 Å². The first-order valence-electron chi connectivity index (χ1n) is 5.69. The molecule has 0 saturated carbocycles. The molecule has 3 aromatic rings. The van der Waals surface area contributed by atoms with Crippen molar-refractivity contribution in [1.82, 2.24) is 15.0 Å². The lowest BCUT2D eigenvalue weighted by molar-refractivity contribution is 1.08. The van der Waals surface area contributed by atoms with Gasteiger partial charge in [0.05, 0.1) is 29.8 Å². The molecule has 0 aliphatic carbocycles. The van der Waals surface area contributed by atoms with Gasteiger partial charge in [-0.05, 0) is 24.3 Å². The van der Waals surface area contributed by atoms with E-state index in [1.807, 2.05) is 24.3 Å². The predicted octanol–water partition coefficient (Wildman–Crippen LogP) is 2.15. The number of anilines is 2. The molecule has 0 aliphatic rings. The summed E-state index contributed by atoms with van der Waals surface area (Å²) >= 11 is 0. The van der Waals surface area contributed by atoms with E-state index in [1.165, 1.54) is 0 Å². The molecule has 2 aromatic heterocycles. The van der Waals surface area contributed by atoms with Gasteiger partial charge in [0.1, 0.15) is 0 Å². The molecule has 0 amide bonds. The number of nitrogens with one attached hydrogen (secondary N) is 2. The highest BCUT2D eigenvalue weighted by Crippen LogP contribution is 2.26. The number of aromatic nitrogens is 3. The van der Waals surface area contributed by atoms with Gasteiger partial charge in [0, 0.05) is 23.5 Å². The Kier molecular flexibility index (Phi) is 2.57. The third-order valence-corrected chi connectivity index (χ3v) is 2.83. The fourth-order valence-electron chi connectivity index (χ4n) is 1.91. The number of nitrogens with zero attached hydrogens (tertiary/aromatic N) is 2. The molecule has 5 nitrogen and oxygen atoms in total. The van der Waals surface area contributed by atoms with Crippen LogP contribution in [0.1, 0.15) is 5.69 Å². The third kappa shape index (κ3) is 1.86. The second-order valence-corrected chi connectivity index (χ2v) is 4.03. The minimum absolute atomic E-state index is 0.676. The van der Waals surface area contributed by atoms with E-state index < -0.39 is 0 Å². The summed E-state index contributed by atoms with van der Waals surface area (Å²) in [6.45, 7) is 0.676. The fraction of sp³-hybridized carbons (Fsp3) is 0.0769. The number of pyridine rings is 1. The van der Waals surface area contributed by atoms with Crippen molar-refractivity contribution in [2.45, 2.75) is 6.54 Å². The summed E-state index contributed by atoms with van der Waals surface area (Å²) in [6, 6.07) is 7.69. The first-order valence-corrected chi connectivity index (χ1v) is 5.69. The van der Waals surface area contributed by atoms with Gasteiger partial charge in [0.15, 0.2) is 0 Å². The summed E-state index contributed by atoms with van der Waals surface area (Å²) in [4.78, 5) is 11.4. The van der Waals surface area contributed by atoms with Crippen molar-refractivity contribution < 1.29 is 0 Å². The van der Waals surface area contributed by atoms with Gasteiger partial charge in [0.25, 0.3) is 0 Å². The molecule has 0 fully saturated rings. The molecule has 0 atom stereocenters. The minimum Gasteiger partial charge on any atom is -0.398 e. The molecular weight excluding hydrogens is 226 g/mol. The summed E-state index contributed by atoms with van der Waals surface area (Å²) in [6.07, 6.45) is 5.22. The number of rotatable bonds is 3. The number of benzene rings is 1. The number of fused-ring (bicyclic) bond motifs is 1. The highest BCUT2D eigenvalue weighted by atomic mass is 14.9. The molecule has 0 spiro atoms. The normalized spacial score (nSPS) is 10.7. The summed E-state index contributed by atoms with van der Waals surface area (Å²) in [5, 5.41) is 4.29. The van der Waals surface area contributed by atoms with Crippen LogP contribution in [0.15, 0.2) is 43.0 Å². The zero-order chi connectivity index (χ0) is 12.4. The average molecular weight is 239 g/mol. The summed E-state index contributed by atoms with van der Waals surface area (Å²) in [5.74, 6) is 0. The fourth-order valence-corrected chi connectivity index (χ4v) is 1.91.